The predicted octanol–water partition coefficient (Wildman–Crippen LogP) is 1.91. The number of benzene rings is 1. The fourth-order valence-electron chi connectivity index (χ4n) is 1.66. The Morgan fingerprint density at radius 1 is 1.18 bits per heavy atom. The molecule has 0 amide bonds. The van der Waals surface area contributed by atoms with Gasteiger partial charge < -0.3 is 5.32 Å². The third-order valence-corrected chi connectivity index (χ3v) is 2.58. The van der Waals surface area contributed by atoms with Gasteiger partial charge in [-0.3, -0.25) is 0 Å². The Kier molecular flexibility index (Phi) is 1.46. The highest BCUT2D eigenvalue weighted by molar-refractivity contribution is 5.41. The summed E-state index contributed by atoms with van der Waals surface area (Å²) in [5, 5.41) is 3.36. The molecule has 1 heteroatoms. The first-order valence-electron chi connectivity index (χ1n) is 4.07. The first-order chi connectivity index (χ1) is 5.29. The maximum atomic E-state index is 3.36. The number of nitrogens with one attached hydrogen (secondary N) is 1. The Balaban J connectivity index is 2.62. The lowest BCUT2D eigenvalue weighted by Crippen LogP contribution is -2.00. The van der Waals surface area contributed by atoms with Crippen molar-refractivity contribution in [2.24, 2.45) is 0 Å². The average Bonchev–Trinajstić information content (AvgIpc) is 2.45. The summed E-state index contributed by atoms with van der Waals surface area (Å²) in [6, 6.07) is 4.44. The predicted molar refractivity (Wildman–Crippen MR) is 46.5 cm³/mol. The molecule has 0 radical (unpaired) electrons. The lowest BCUT2D eigenvalue weighted by atomic mass is 10.0. The van der Waals surface area contributed by atoms with Crippen molar-refractivity contribution < 1.29 is 0 Å². The van der Waals surface area contributed by atoms with Gasteiger partial charge in [-0.05, 0) is 36.1 Å². The number of aryl methyl sites for hydroxylation is 1. The molecule has 0 saturated carbocycles. The molecule has 1 aromatic carbocycles. The second kappa shape index (κ2) is 2.35. The maximum absolute atomic E-state index is 3.36. The van der Waals surface area contributed by atoms with E-state index in [2.05, 4.69) is 31.3 Å². The van der Waals surface area contributed by atoms with Crippen LogP contribution in [0.2, 0.25) is 0 Å². The van der Waals surface area contributed by atoms with Gasteiger partial charge in [0.2, 0.25) is 0 Å². The Morgan fingerprint density at radius 3 is 2.82 bits per heavy atom. The van der Waals surface area contributed by atoms with Crippen molar-refractivity contribution in [1.29, 1.82) is 0 Å². The summed E-state index contributed by atoms with van der Waals surface area (Å²) in [6.45, 7) is 6.49. The second-order valence-corrected chi connectivity index (χ2v) is 3.25. The van der Waals surface area contributed by atoms with Gasteiger partial charge in [0.1, 0.15) is 0 Å². The van der Waals surface area contributed by atoms with E-state index in [0.29, 0.717) is 0 Å². The van der Waals surface area contributed by atoms with Crippen LogP contribution in [0.1, 0.15) is 22.3 Å². The highest BCUT2D eigenvalue weighted by atomic mass is 14.9. The van der Waals surface area contributed by atoms with Crippen molar-refractivity contribution in [2.45, 2.75) is 26.9 Å². The molecule has 0 spiro atoms. The van der Waals surface area contributed by atoms with Crippen LogP contribution in [0.15, 0.2) is 12.1 Å². The zero-order valence-electron chi connectivity index (χ0n) is 7.07. The van der Waals surface area contributed by atoms with Crippen LogP contribution in [0.25, 0.3) is 0 Å². The van der Waals surface area contributed by atoms with Crippen LogP contribution < -0.4 is 5.32 Å². The summed E-state index contributed by atoms with van der Waals surface area (Å²) >= 11 is 0. The van der Waals surface area contributed by atoms with Crippen molar-refractivity contribution in [2.75, 3.05) is 0 Å². The van der Waals surface area contributed by atoms with Crippen LogP contribution in [-0.2, 0) is 13.1 Å². The topological polar surface area (TPSA) is 12.0 Å². The van der Waals surface area contributed by atoms with Gasteiger partial charge in [-0.1, -0.05) is 12.1 Å². The number of rotatable bonds is 0. The molecule has 0 saturated heterocycles. The van der Waals surface area contributed by atoms with Crippen LogP contribution in [0.3, 0.4) is 0 Å². The van der Waals surface area contributed by atoms with E-state index in [0.717, 1.165) is 13.1 Å². The smallest absolute Gasteiger partial charge is 0.0214 e. The summed E-state index contributed by atoms with van der Waals surface area (Å²) in [4.78, 5) is 0. The molecule has 0 aliphatic carbocycles. The highest BCUT2D eigenvalue weighted by Gasteiger charge is 2.12. The van der Waals surface area contributed by atoms with Crippen molar-refractivity contribution in [3.8, 4) is 0 Å². The molecule has 1 nitrogen and oxygen atoms in total. The lowest BCUT2D eigenvalue weighted by molar-refractivity contribution is 0.763. The fourth-order valence-corrected chi connectivity index (χ4v) is 1.66. The molecule has 1 heterocycles. The van der Waals surface area contributed by atoms with E-state index in [1.165, 1.54) is 22.3 Å². The van der Waals surface area contributed by atoms with Gasteiger partial charge in [-0.15, -0.1) is 0 Å². The Labute approximate surface area is 67.4 Å². The summed E-state index contributed by atoms with van der Waals surface area (Å²) < 4.78 is 0. The second-order valence-electron chi connectivity index (χ2n) is 3.25. The van der Waals surface area contributed by atoms with Crippen molar-refractivity contribution >= 4 is 0 Å². The van der Waals surface area contributed by atoms with Crippen molar-refractivity contribution in [1.82, 2.24) is 5.32 Å². The number of hydrogen-bond donors (Lipinski definition) is 1. The third-order valence-electron chi connectivity index (χ3n) is 2.58. The van der Waals surface area contributed by atoms with E-state index in [9.17, 15) is 0 Å². The van der Waals surface area contributed by atoms with E-state index in [4.69, 9.17) is 0 Å². The SMILES string of the molecule is Cc1ccc2c(c1C)CNC2. The van der Waals surface area contributed by atoms with Gasteiger partial charge in [-0.25, -0.2) is 0 Å². The zero-order chi connectivity index (χ0) is 7.84. The Bertz CT molecular complexity index is 289. The van der Waals surface area contributed by atoms with Crippen LogP contribution in [-0.4, -0.2) is 0 Å². The Morgan fingerprint density at radius 2 is 2.00 bits per heavy atom. The van der Waals surface area contributed by atoms with E-state index in [1.807, 2.05) is 0 Å². The highest BCUT2D eigenvalue weighted by Crippen LogP contribution is 2.21. The van der Waals surface area contributed by atoms with Gasteiger partial charge in [0, 0.05) is 13.1 Å². The molecule has 2 rings (SSSR count). The summed E-state index contributed by atoms with van der Waals surface area (Å²) in [6.07, 6.45) is 0. The minimum atomic E-state index is 1.05. The van der Waals surface area contributed by atoms with Gasteiger partial charge >= 0.3 is 0 Å². The molecule has 0 bridgehead atoms. The minimum absolute atomic E-state index is 1.05. The average molecular weight is 147 g/mol. The van der Waals surface area contributed by atoms with Gasteiger partial charge in [-0.2, -0.15) is 0 Å². The fraction of sp³-hybridized carbons (Fsp3) is 0.400. The van der Waals surface area contributed by atoms with Gasteiger partial charge in [0.15, 0.2) is 0 Å². The molecule has 1 N–H and O–H groups in total. The molecule has 1 aromatic rings. The minimum Gasteiger partial charge on any atom is -0.309 e. The van der Waals surface area contributed by atoms with E-state index < -0.39 is 0 Å². The first-order valence-corrected chi connectivity index (χ1v) is 4.07. The van der Waals surface area contributed by atoms with E-state index in [1.54, 1.807) is 0 Å². The van der Waals surface area contributed by atoms with Gasteiger partial charge in [0.25, 0.3) is 0 Å². The maximum Gasteiger partial charge on any atom is 0.0214 e. The molecule has 0 aromatic heterocycles. The molecule has 11 heavy (non-hydrogen) atoms. The van der Waals surface area contributed by atoms with Crippen LogP contribution in [0, 0.1) is 13.8 Å². The number of fused-ring (bicyclic) bond motifs is 1. The lowest BCUT2D eigenvalue weighted by Gasteiger charge is -2.05. The summed E-state index contributed by atoms with van der Waals surface area (Å²) in [7, 11) is 0. The molecule has 0 unspecified atom stereocenters. The van der Waals surface area contributed by atoms with Crippen LogP contribution in [0.4, 0.5) is 0 Å². The van der Waals surface area contributed by atoms with Crippen molar-refractivity contribution in [3.05, 3.63) is 34.4 Å². The van der Waals surface area contributed by atoms with Crippen LogP contribution in [0.5, 0.6) is 0 Å². The first kappa shape index (κ1) is 6.86. The molecular formula is C10H13N. The normalized spacial score (nSPS) is 15.1. The third kappa shape index (κ3) is 0.962. The molecular weight excluding hydrogens is 134 g/mol. The monoisotopic (exact) mass is 147 g/mol. The zero-order valence-corrected chi connectivity index (χ0v) is 7.07. The van der Waals surface area contributed by atoms with Gasteiger partial charge in [0.05, 0.1) is 0 Å². The molecule has 1 aliphatic heterocycles. The Hall–Kier alpha value is -0.820. The molecule has 0 atom stereocenters. The quantitative estimate of drug-likeness (QED) is 0.591. The standard InChI is InChI=1S/C10H13N/c1-7-3-4-9-5-11-6-10(9)8(7)2/h3-4,11H,5-6H2,1-2H3. The summed E-state index contributed by atoms with van der Waals surface area (Å²) in [5.41, 5.74) is 5.87. The molecule has 58 valence electrons. The number of hydrogen-bond acceptors (Lipinski definition) is 1. The summed E-state index contributed by atoms with van der Waals surface area (Å²) in [5.74, 6) is 0. The van der Waals surface area contributed by atoms with Crippen molar-refractivity contribution in [3.63, 3.8) is 0 Å². The largest absolute Gasteiger partial charge is 0.309 e. The molecule has 1 aliphatic rings. The van der Waals surface area contributed by atoms with Crippen LogP contribution >= 0.6 is 0 Å². The van der Waals surface area contributed by atoms with E-state index in [-0.39, 0.29) is 0 Å². The van der Waals surface area contributed by atoms with E-state index >= 15 is 0 Å². The molecule has 0 fully saturated rings.